The van der Waals surface area contributed by atoms with Crippen LogP contribution in [0, 0.1) is 0 Å². The van der Waals surface area contributed by atoms with E-state index >= 15 is 0 Å². The average molecular weight is 523 g/mol. The Kier molecular flexibility index (Phi) is 6.09. The van der Waals surface area contributed by atoms with Crippen LogP contribution in [0.2, 0.25) is 0 Å². The number of hydrogen-bond acceptors (Lipinski definition) is 8. The zero-order valence-corrected chi connectivity index (χ0v) is 21.6. The molecule has 9 nitrogen and oxygen atoms in total. The average Bonchev–Trinajstić information content (AvgIpc) is 3.60. The van der Waals surface area contributed by atoms with Gasteiger partial charge in [0.05, 0.1) is 24.6 Å². The summed E-state index contributed by atoms with van der Waals surface area (Å²) in [5.41, 5.74) is 10.0. The Bertz CT molecular complexity index is 1650. The molecule has 1 saturated carbocycles. The lowest BCUT2D eigenvalue weighted by atomic mass is 9.90. The number of carbonyl (C=O) groups is 1. The van der Waals surface area contributed by atoms with Crippen LogP contribution in [0.3, 0.4) is 0 Å². The third kappa shape index (κ3) is 4.37. The predicted molar refractivity (Wildman–Crippen MR) is 149 cm³/mol. The van der Waals surface area contributed by atoms with Gasteiger partial charge in [-0.05, 0) is 49.9 Å². The number of ether oxygens (including phenoxy) is 1. The molecule has 2 aromatic carbocycles. The Morgan fingerprint density at radius 1 is 0.923 bits per heavy atom. The van der Waals surface area contributed by atoms with Crippen molar-refractivity contribution in [2.75, 3.05) is 32.0 Å². The summed E-state index contributed by atoms with van der Waals surface area (Å²) in [5.74, 6) is 0.576. The van der Waals surface area contributed by atoms with Crippen molar-refractivity contribution in [1.29, 1.82) is 0 Å². The van der Waals surface area contributed by atoms with Gasteiger partial charge in [-0.2, -0.15) is 5.10 Å². The summed E-state index contributed by atoms with van der Waals surface area (Å²) in [6, 6.07) is 17.6. The Balaban J connectivity index is 1.21. The second-order valence-corrected chi connectivity index (χ2v) is 10.4. The van der Waals surface area contributed by atoms with Gasteiger partial charge < -0.3 is 14.9 Å². The number of nitrogens with zero attached hydrogens (tertiary/aromatic N) is 5. The standard InChI is InChI=1S/C30H30N6O3/c31-29-26-27(20-6-11-24-21(16-20)17-25(39-24)28(37)19-4-2-1-3-5-19)34-36(30(26)33-18-32-29)23-9-7-22(8-10-23)35-12-14-38-15-13-35/h1-6,11,16-18,22-23H,7-10,12-15H2,(H2,31,32,33)/t22-,23-. The van der Waals surface area contributed by atoms with E-state index in [2.05, 4.69) is 19.5 Å². The lowest BCUT2D eigenvalue weighted by Crippen LogP contribution is -2.45. The minimum Gasteiger partial charge on any atom is -0.453 e. The molecule has 9 heteroatoms. The first-order valence-corrected chi connectivity index (χ1v) is 13.6. The van der Waals surface area contributed by atoms with E-state index in [-0.39, 0.29) is 11.8 Å². The van der Waals surface area contributed by atoms with Gasteiger partial charge in [-0.3, -0.25) is 9.69 Å². The zero-order valence-electron chi connectivity index (χ0n) is 21.6. The molecule has 5 aromatic rings. The van der Waals surface area contributed by atoms with Crippen LogP contribution in [-0.2, 0) is 4.74 Å². The number of hydrogen-bond donors (Lipinski definition) is 1. The van der Waals surface area contributed by atoms with Gasteiger partial charge in [-0.1, -0.05) is 30.3 Å². The molecule has 2 fully saturated rings. The lowest BCUT2D eigenvalue weighted by Gasteiger charge is -2.38. The van der Waals surface area contributed by atoms with Crippen LogP contribution >= 0.6 is 0 Å². The van der Waals surface area contributed by atoms with E-state index in [1.54, 1.807) is 18.2 Å². The molecular weight excluding hydrogens is 492 g/mol. The summed E-state index contributed by atoms with van der Waals surface area (Å²) in [6.07, 6.45) is 5.84. The molecule has 0 amide bonds. The number of fused-ring (bicyclic) bond motifs is 2. The van der Waals surface area contributed by atoms with E-state index in [4.69, 9.17) is 20.0 Å². The number of anilines is 1. The highest BCUT2D eigenvalue weighted by atomic mass is 16.5. The quantitative estimate of drug-likeness (QED) is 0.326. The minimum atomic E-state index is -0.145. The first kappa shape index (κ1) is 24.0. The normalized spacial score (nSPS) is 20.5. The number of ketones is 1. The monoisotopic (exact) mass is 522 g/mol. The molecule has 0 unspecified atom stereocenters. The summed E-state index contributed by atoms with van der Waals surface area (Å²) in [5, 5.41) is 6.67. The van der Waals surface area contributed by atoms with E-state index in [0.717, 1.165) is 79.7 Å². The van der Waals surface area contributed by atoms with Crippen molar-refractivity contribution < 1.29 is 13.9 Å². The van der Waals surface area contributed by atoms with Gasteiger partial charge >= 0.3 is 0 Å². The maximum absolute atomic E-state index is 12.9. The van der Waals surface area contributed by atoms with E-state index in [1.807, 2.05) is 36.4 Å². The molecule has 0 radical (unpaired) electrons. The summed E-state index contributed by atoms with van der Waals surface area (Å²) in [7, 11) is 0. The Morgan fingerprint density at radius 2 is 1.69 bits per heavy atom. The molecule has 2 N–H and O–H groups in total. The van der Waals surface area contributed by atoms with Crippen molar-refractivity contribution >= 4 is 33.6 Å². The van der Waals surface area contributed by atoms with Crippen molar-refractivity contribution in [3.8, 4) is 11.3 Å². The molecule has 3 aromatic heterocycles. The SMILES string of the molecule is Nc1ncnc2c1c(-c1ccc3oc(C(=O)c4ccccc4)cc3c1)nn2[C@H]1CC[C@H](N2CCOCC2)CC1. The summed E-state index contributed by atoms with van der Waals surface area (Å²) in [4.78, 5) is 24.4. The maximum Gasteiger partial charge on any atom is 0.228 e. The van der Waals surface area contributed by atoms with Crippen LogP contribution in [-0.4, -0.2) is 62.8 Å². The number of rotatable bonds is 5. The lowest BCUT2D eigenvalue weighted by molar-refractivity contribution is 0.00520. The Labute approximate surface area is 225 Å². The van der Waals surface area contributed by atoms with Crippen LogP contribution in [0.5, 0.6) is 0 Å². The minimum absolute atomic E-state index is 0.145. The number of carbonyl (C=O) groups excluding carboxylic acids is 1. The van der Waals surface area contributed by atoms with Crippen LogP contribution in [0.15, 0.2) is 65.3 Å². The fraction of sp³-hybridized carbons (Fsp3) is 0.333. The van der Waals surface area contributed by atoms with Gasteiger partial charge in [0.2, 0.25) is 5.78 Å². The second kappa shape index (κ2) is 9.91. The van der Waals surface area contributed by atoms with Crippen molar-refractivity contribution in [3.63, 3.8) is 0 Å². The molecule has 0 atom stereocenters. The highest BCUT2D eigenvalue weighted by Crippen LogP contribution is 2.38. The molecule has 1 aliphatic heterocycles. The van der Waals surface area contributed by atoms with Gasteiger partial charge in [-0.15, -0.1) is 0 Å². The highest BCUT2D eigenvalue weighted by molar-refractivity contribution is 6.09. The number of morpholine rings is 1. The van der Waals surface area contributed by atoms with E-state index in [0.29, 0.717) is 28.8 Å². The van der Waals surface area contributed by atoms with Crippen molar-refractivity contribution in [1.82, 2.24) is 24.6 Å². The third-order valence-corrected chi connectivity index (χ3v) is 8.14. The van der Waals surface area contributed by atoms with E-state index in [9.17, 15) is 4.79 Å². The van der Waals surface area contributed by atoms with Gasteiger partial charge in [0.25, 0.3) is 0 Å². The fourth-order valence-corrected chi connectivity index (χ4v) is 6.10. The Morgan fingerprint density at radius 3 is 2.49 bits per heavy atom. The van der Waals surface area contributed by atoms with Gasteiger partial charge in [0, 0.05) is 35.6 Å². The maximum atomic E-state index is 12.9. The van der Waals surface area contributed by atoms with E-state index in [1.165, 1.54) is 6.33 Å². The van der Waals surface area contributed by atoms with Gasteiger partial charge in [0.1, 0.15) is 23.4 Å². The van der Waals surface area contributed by atoms with Gasteiger partial charge in [0.15, 0.2) is 11.4 Å². The molecule has 7 rings (SSSR count). The third-order valence-electron chi connectivity index (χ3n) is 8.14. The highest BCUT2D eigenvalue weighted by Gasteiger charge is 2.30. The topological polar surface area (TPSA) is 112 Å². The molecule has 4 heterocycles. The predicted octanol–water partition coefficient (Wildman–Crippen LogP) is 4.87. The molecule has 2 aliphatic rings. The van der Waals surface area contributed by atoms with Crippen molar-refractivity contribution in [3.05, 3.63) is 72.2 Å². The summed E-state index contributed by atoms with van der Waals surface area (Å²) < 4.78 is 13.5. The molecule has 0 spiro atoms. The molecule has 1 saturated heterocycles. The molecule has 0 bridgehead atoms. The van der Waals surface area contributed by atoms with Crippen LogP contribution in [0.25, 0.3) is 33.3 Å². The largest absolute Gasteiger partial charge is 0.453 e. The number of benzene rings is 2. The number of furan rings is 1. The second-order valence-electron chi connectivity index (χ2n) is 10.4. The summed E-state index contributed by atoms with van der Waals surface area (Å²) >= 11 is 0. The Hall–Kier alpha value is -4.08. The first-order valence-electron chi connectivity index (χ1n) is 13.6. The van der Waals surface area contributed by atoms with Crippen LogP contribution < -0.4 is 5.73 Å². The summed E-state index contributed by atoms with van der Waals surface area (Å²) in [6.45, 7) is 3.69. The molecular formula is C30H30N6O3. The molecule has 1 aliphatic carbocycles. The van der Waals surface area contributed by atoms with Gasteiger partial charge in [-0.25, -0.2) is 14.6 Å². The number of nitrogens with two attached hydrogens (primary N) is 1. The van der Waals surface area contributed by atoms with Crippen LogP contribution in [0.4, 0.5) is 5.82 Å². The fourth-order valence-electron chi connectivity index (χ4n) is 6.10. The van der Waals surface area contributed by atoms with Crippen molar-refractivity contribution in [2.24, 2.45) is 0 Å². The molecule has 198 valence electrons. The number of nitrogen functional groups attached to an aromatic ring is 1. The molecule has 39 heavy (non-hydrogen) atoms. The zero-order chi connectivity index (χ0) is 26.3. The number of aromatic nitrogens is 4. The van der Waals surface area contributed by atoms with Crippen molar-refractivity contribution in [2.45, 2.75) is 37.8 Å². The smallest absolute Gasteiger partial charge is 0.228 e. The first-order chi connectivity index (χ1) is 19.2. The van der Waals surface area contributed by atoms with Crippen LogP contribution in [0.1, 0.15) is 47.8 Å². The van der Waals surface area contributed by atoms with E-state index < -0.39 is 0 Å².